The van der Waals surface area contributed by atoms with E-state index in [9.17, 15) is 4.79 Å². The number of hydrogen-bond donors (Lipinski definition) is 1. The van der Waals surface area contributed by atoms with Crippen molar-refractivity contribution in [3.63, 3.8) is 0 Å². The van der Waals surface area contributed by atoms with E-state index in [4.69, 9.17) is 16.3 Å². The maximum absolute atomic E-state index is 12.5. The minimum atomic E-state index is 0.00228. The van der Waals surface area contributed by atoms with Gasteiger partial charge in [-0.2, -0.15) is 0 Å². The van der Waals surface area contributed by atoms with Gasteiger partial charge in [-0.3, -0.25) is 4.79 Å². The normalized spacial score (nSPS) is 12.8. The third kappa shape index (κ3) is 3.66. The van der Waals surface area contributed by atoms with Crippen molar-refractivity contribution in [3.05, 3.63) is 64.2 Å². The van der Waals surface area contributed by atoms with Crippen LogP contribution < -0.4 is 10.1 Å². The Bertz CT molecular complexity index is 718. The highest BCUT2D eigenvalue weighted by atomic mass is 35.5. The summed E-state index contributed by atoms with van der Waals surface area (Å²) < 4.78 is 5.63. The quantitative estimate of drug-likeness (QED) is 0.916. The van der Waals surface area contributed by atoms with Crippen LogP contribution in [-0.4, -0.2) is 31.0 Å². The number of fused-ring (bicyclic) bond motifs is 1. The van der Waals surface area contributed by atoms with Crippen molar-refractivity contribution >= 4 is 17.5 Å². The van der Waals surface area contributed by atoms with Gasteiger partial charge < -0.3 is 15.0 Å². The summed E-state index contributed by atoms with van der Waals surface area (Å²) in [7, 11) is 1.78. The van der Waals surface area contributed by atoms with Crippen LogP contribution in [0.1, 0.15) is 21.5 Å². The Labute approximate surface area is 141 Å². The van der Waals surface area contributed by atoms with E-state index >= 15 is 0 Å². The summed E-state index contributed by atoms with van der Waals surface area (Å²) in [5.74, 6) is 0.640. The van der Waals surface area contributed by atoms with Crippen molar-refractivity contribution in [2.45, 2.75) is 13.1 Å². The number of likely N-dealkylation sites (N-methyl/N-ethyl adjacent to an activating group) is 1. The van der Waals surface area contributed by atoms with Crippen LogP contribution in [0.4, 0.5) is 0 Å². The molecule has 0 atom stereocenters. The third-order valence-corrected chi connectivity index (χ3v) is 4.26. The van der Waals surface area contributed by atoms with Crippen molar-refractivity contribution in [2.75, 3.05) is 20.2 Å². The van der Waals surface area contributed by atoms with Crippen molar-refractivity contribution in [2.24, 2.45) is 0 Å². The zero-order valence-corrected chi connectivity index (χ0v) is 13.8. The second kappa shape index (κ2) is 7.02. The van der Waals surface area contributed by atoms with Gasteiger partial charge in [0.2, 0.25) is 0 Å². The molecule has 2 aromatic carbocycles. The van der Waals surface area contributed by atoms with E-state index in [0.717, 1.165) is 13.1 Å². The molecule has 0 aromatic heterocycles. The van der Waals surface area contributed by atoms with Crippen LogP contribution in [0, 0.1) is 0 Å². The summed E-state index contributed by atoms with van der Waals surface area (Å²) in [6.07, 6.45) is 0. The topological polar surface area (TPSA) is 41.6 Å². The fourth-order valence-corrected chi connectivity index (χ4v) is 2.79. The molecular formula is C18H19ClN2O2. The number of halogens is 1. The summed E-state index contributed by atoms with van der Waals surface area (Å²) in [6, 6.07) is 13.2. The van der Waals surface area contributed by atoms with E-state index < -0.39 is 0 Å². The van der Waals surface area contributed by atoms with Crippen LogP contribution in [-0.2, 0) is 13.1 Å². The minimum absolute atomic E-state index is 0.00228. The number of benzene rings is 2. The molecule has 120 valence electrons. The summed E-state index contributed by atoms with van der Waals surface area (Å²) in [6.45, 7) is 2.61. The number of para-hydroxylation sites is 1. The number of amides is 1. The van der Waals surface area contributed by atoms with Gasteiger partial charge in [0.1, 0.15) is 12.4 Å². The highest BCUT2D eigenvalue weighted by molar-refractivity contribution is 6.32. The fourth-order valence-electron chi connectivity index (χ4n) is 2.60. The number of nitrogens with one attached hydrogen (secondary N) is 1. The smallest absolute Gasteiger partial charge is 0.253 e. The van der Waals surface area contributed by atoms with E-state index in [0.29, 0.717) is 29.5 Å². The zero-order chi connectivity index (χ0) is 16.2. The van der Waals surface area contributed by atoms with Crippen LogP contribution >= 0.6 is 11.6 Å². The lowest BCUT2D eigenvalue weighted by Crippen LogP contribution is -2.31. The lowest BCUT2D eigenvalue weighted by Gasteiger charge is -2.18. The molecule has 3 rings (SSSR count). The first-order valence-electron chi connectivity index (χ1n) is 7.60. The molecule has 4 nitrogen and oxygen atoms in total. The standard InChI is InChI=1S/C18H19ClN2O2/c1-21(8-9-23-17-5-3-2-4-16(17)19)18(22)13-6-7-14-11-20-12-15(14)10-13/h2-7,10,20H,8-9,11-12H2,1H3. The van der Waals surface area contributed by atoms with Gasteiger partial charge in [-0.25, -0.2) is 0 Å². The highest BCUT2D eigenvalue weighted by Crippen LogP contribution is 2.23. The predicted molar refractivity (Wildman–Crippen MR) is 90.9 cm³/mol. The van der Waals surface area contributed by atoms with E-state index in [2.05, 4.69) is 5.32 Å². The van der Waals surface area contributed by atoms with E-state index in [-0.39, 0.29) is 5.91 Å². The number of carbonyl (C=O) groups is 1. The molecule has 0 aliphatic carbocycles. The van der Waals surface area contributed by atoms with Gasteiger partial charge >= 0.3 is 0 Å². The second-order valence-electron chi connectivity index (χ2n) is 5.59. The van der Waals surface area contributed by atoms with Gasteiger partial charge in [0.15, 0.2) is 0 Å². The molecule has 23 heavy (non-hydrogen) atoms. The Morgan fingerprint density at radius 3 is 2.83 bits per heavy atom. The molecule has 1 amide bonds. The summed E-state index contributed by atoms with van der Waals surface area (Å²) >= 11 is 6.04. The molecule has 0 saturated heterocycles. The highest BCUT2D eigenvalue weighted by Gasteiger charge is 2.16. The number of carbonyl (C=O) groups excluding carboxylic acids is 1. The Kier molecular flexibility index (Phi) is 4.84. The molecular weight excluding hydrogens is 312 g/mol. The molecule has 0 radical (unpaired) electrons. The Morgan fingerprint density at radius 1 is 1.22 bits per heavy atom. The Morgan fingerprint density at radius 2 is 2.00 bits per heavy atom. The summed E-state index contributed by atoms with van der Waals surface area (Å²) in [4.78, 5) is 14.1. The van der Waals surface area contributed by atoms with Gasteiger partial charge in [-0.1, -0.05) is 29.8 Å². The molecule has 5 heteroatoms. The average Bonchev–Trinajstić information content (AvgIpc) is 3.03. The first-order valence-corrected chi connectivity index (χ1v) is 7.98. The van der Waals surface area contributed by atoms with Gasteiger partial charge in [-0.15, -0.1) is 0 Å². The van der Waals surface area contributed by atoms with Gasteiger partial charge in [0, 0.05) is 25.7 Å². The molecule has 0 spiro atoms. The third-order valence-electron chi connectivity index (χ3n) is 3.95. The van der Waals surface area contributed by atoms with E-state index in [1.165, 1.54) is 11.1 Å². The molecule has 0 unspecified atom stereocenters. The van der Waals surface area contributed by atoms with Crippen LogP contribution in [0.5, 0.6) is 5.75 Å². The monoisotopic (exact) mass is 330 g/mol. The number of ether oxygens (including phenoxy) is 1. The lowest BCUT2D eigenvalue weighted by atomic mass is 10.1. The zero-order valence-electron chi connectivity index (χ0n) is 13.0. The average molecular weight is 331 g/mol. The minimum Gasteiger partial charge on any atom is -0.490 e. The summed E-state index contributed by atoms with van der Waals surface area (Å²) in [5, 5.41) is 3.86. The van der Waals surface area contributed by atoms with Crippen LogP contribution in [0.2, 0.25) is 5.02 Å². The molecule has 1 N–H and O–H groups in total. The van der Waals surface area contributed by atoms with Gasteiger partial charge in [-0.05, 0) is 35.4 Å². The van der Waals surface area contributed by atoms with Crippen molar-refractivity contribution in [1.29, 1.82) is 0 Å². The van der Waals surface area contributed by atoms with Crippen molar-refractivity contribution in [1.82, 2.24) is 10.2 Å². The largest absolute Gasteiger partial charge is 0.490 e. The number of hydrogen-bond acceptors (Lipinski definition) is 3. The first-order chi connectivity index (χ1) is 11.1. The molecule has 0 fully saturated rings. The first kappa shape index (κ1) is 15.8. The van der Waals surface area contributed by atoms with Crippen LogP contribution in [0.3, 0.4) is 0 Å². The molecule has 2 aromatic rings. The maximum Gasteiger partial charge on any atom is 0.253 e. The molecule has 1 aliphatic rings. The fraction of sp³-hybridized carbons (Fsp3) is 0.278. The lowest BCUT2D eigenvalue weighted by molar-refractivity contribution is 0.0773. The molecule has 1 heterocycles. The predicted octanol–water partition coefficient (Wildman–Crippen LogP) is 3.09. The van der Waals surface area contributed by atoms with E-state index in [1.807, 2.05) is 36.4 Å². The van der Waals surface area contributed by atoms with Gasteiger partial charge in [0.05, 0.1) is 11.6 Å². The maximum atomic E-state index is 12.5. The van der Waals surface area contributed by atoms with Crippen LogP contribution in [0.25, 0.3) is 0 Å². The second-order valence-corrected chi connectivity index (χ2v) is 6.00. The van der Waals surface area contributed by atoms with Crippen LogP contribution in [0.15, 0.2) is 42.5 Å². The summed E-state index contributed by atoms with van der Waals surface area (Å²) in [5.41, 5.74) is 3.19. The van der Waals surface area contributed by atoms with Gasteiger partial charge in [0.25, 0.3) is 5.91 Å². The number of nitrogens with zero attached hydrogens (tertiary/aromatic N) is 1. The Balaban J connectivity index is 1.56. The molecule has 0 bridgehead atoms. The van der Waals surface area contributed by atoms with Crippen molar-refractivity contribution in [3.8, 4) is 5.75 Å². The van der Waals surface area contributed by atoms with E-state index in [1.54, 1.807) is 18.0 Å². The van der Waals surface area contributed by atoms with Crippen molar-refractivity contribution < 1.29 is 9.53 Å². The SMILES string of the molecule is CN(CCOc1ccccc1Cl)C(=O)c1ccc2c(c1)CNC2. The molecule has 0 saturated carbocycles. The number of rotatable bonds is 5. The molecule has 1 aliphatic heterocycles. The Hall–Kier alpha value is -2.04.